The molecule has 1 N–H and O–H groups in total. The molecule has 78 valence electrons. The summed E-state index contributed by atoms with van der Waals surface area (Å²) >= 11 is 4.92. The van der Waals surface area contributed by atoms with Crippen LogP contribution < -0.4 is 0 Å². The minimum absolute atomic E-state index is 0.113. The first-order chi connectivity index (χ1) is 6.61. The van der Waals surface area contributed by atoms with Gasteiger partial charge in [0.15, 0.2) is 0 Å². The van der Waals surface area contributed by atoms with Crippen LogP contribution in [0.3, 0.4) is 0 Å². The highest BCUT2D eigenvalue weighted by atomic mass is 127. The van der Waals surface area contributed by atoms with E-state index in [9.17, 15) is 8.78 Å². The quantitative estimate of drug-likeness (QED) is 0.648. The number of halogens is 4. The number of rotatable bonds is 3. The van der Waals surface area contributed by atoms with Crippen molar-refractivity contribution in [2.75, 3.05) is 0 Å². The van der Waals surface area contributed by atoms with Crippen molar-refractivity contribution < 1.29 is 13.9 Å². The smallest absolute Gasteiger partial charge is 0.265 e. The highest BCUT2D eigenvalue weighted by Crippen LogP contribution is 2.29. The van der Waals surface area contributed by atoms with E-state index in [2.05, 4.69) is 20.9 Å². The Hall–Kier alpha value is 0.180. The van der Waals surface area contributed by atoms with Crippen LogP contribution in [-0.4, -0.2) is 10.1 Å². The normalized spacial score (nSPS) is 11.0. The van der Waals surface area contributed by atoms with Crippen LogP contribution in [0.2, 0.25) is 0 Å². The summed E-state index contributed by atoms with van der Waals surface area (Å²) in [6.45, 7) is -0.412. The lowest BCUT2D eigenvalue weighted by molar-refractivity contribution is 0.145. The molecule has 0 aliphatic heterocycles. The molecule has 0 fully saturated rings. The van der Waals surface area contributed by atoms with Gasteiger partial charge in [-0.2, -0.15) is 0 Å². The second kappa shape index (κ2) is 5.32. The Morgan fingerprint density at radius 2 is 2.21 bits per heavy atom. The lowest BCUT2D eigenvalue weighted by Gasteiger charge is -2.11. The van der Waals surface area contributed by atoms with Gasteiger partial charge in [0.05, 0.1) is 12.3 Å². The van der Waals surface area contributed by atoms with Crippen molar-refractivity contribution in [2.45, 2.75) is 18.4 Å². The first-order valence-corrected chi connectivity index (χ1v) is 5.93. The van der Waals surface area contributed by atoms with E-state index >= 15 is 0 Å². The fraction of sp³-hybridized carbons (Fsp3) is 0.375. The minimum Gasteiger partial charge on any atom is -0.392 e. The van der Waals surface area contributed by atoms with E-state index in [0.717, 1.165) is 0 Å². The number of hydrogen-bond acceptors (Lipinski definition) is 2. The summed E-state index contributed by atoms with van der Waals surface area (Å²) in [5.41, 5.74) is 0.574. The molecule has 0 bridgehead atoms. The van der Waals surface area contributed by atoms with E-state index in [-0.39, 0.29) is 11.1 Å². The molecule has 1 aromatic heterocycles. The molecule has 0 radical (unpaired) electrons. The highest BCUT2D eigenvalue weighted by Gasteiger charge is 2.19. The molecule has 0 spiro atoms. The van der Waals surface area contributed by atoms with Gasteiger partial charge in [-0.3, -0.25) is 4.98 Å². The number of aromatic nitrogens is 1. The fourth-order valence-corrected chi connectivity index (χ4v) is 2.29. The van der Waals surface area contributed by atoms with E-state index < -0.39 is 13.0 Å². The predicted molar refractivity (Wildman–Crippen MR) is 60.5 cm³/mol. The van der Waals surface area contributed by atoms with E-state index in [1.165, 1.54) is 6.20 Å². The number of aliphatic hydroxyl groups excluding tert-OH is 1. The Labute approximate surface area is 102 Å². The van der Waals surface area contributed by atoms with E-state index in [1.54, 1.807) is 22.6 Å². The molecule has 14 heavy (non-hydrogen) atoms. The van der Waals surface area contributed by atoms with Gasteiger partial charge in [0.1, 0.15) is 0 Å². The molecule has 0 aliphatic rings. The molecule has 0 unspecified atom stereocenters. The zero-order chi connectivity index (χ0) is 10.7. The van der Waals surface area contributed by atoms with Crippen molar-refractivity contribution in [2.24, 2.45) is 0 Å². The summed E-state index contributed by atoms with van der Waals surface area (Å²) in [6.07, 6.45) is -1.19. The second-order valence-corrected chi connectivity index (χ2v) is 4.26. The number of nitrogens with zero attached hydrogens (tertiary/aromatic N) is 1. The monoisotopic (exact) mass is 377 g/mol. The van der Waals surface area contributed by atoms with Gasteiger partial charge in [0.25, 0.3) is 6.43 Å². The summed E-state index contributed by atoms with van der Waals surface area (Å²) in [4.78, 5) is 3.96. The van der Waals surface area contributed by atoms with Crippen LogP contribution in [0.15, 0.2) is 6.20 Å². The summed E-state index contributed by atoms with van der Waals surface area (Å²) in [5, 5.41) is 9.37. The standard InChI is InChI=1S/C8H7BrF2INO/c9-1-6-4(3-14)7(8(10)11)5(12)2-13-6/h2,8,14H,1,3H2. The Morgan fingerprint density at radius 3 is 2.64 bits per heavy atom. The van der Waals surface area contributed by atoms with Gasteiger partial charge < -0.3 is 5.11 Å². The number of aliphatic hydroxyl groups is 1. The first-order valence-electron chi connectivity index (χ1n) is 3.73. The summed E-state index contributed by atoms with van der Waals surface area (Å²) < 4.78 is 25.6. The topological polar surface area (TPSA) is 33.1 Å². The van der Waals surface area contributed by atoms with E-state index in [1.807, 2.05) is 0 Å². The molecular formula is C8H7BrF2INO. The maximum atomic E-state index is 12.6. The molecule has 6 heteroatoms. The highest BCUT2D eigenvalue weighted by molar-refractivity contribution is 14.1. The molecule has 0 saturated heterocycles. The second-order valence-electron chi connectivity index (χ2n) is 2.54. The van der Waals surface area contributed by atoms with Crippen molar-refractivity contribution in [3.63, 3.8) is 0 Å². The molecule has 0 saturated carbocycles. The molecule has 0 atom stereocenters. The lowest BCUT2D eigenvalue weighted by atomic mass is 10.1. The van der Waals surface area contributed by atoms with Gasteiger partial charge in [0.2, 0.25) is 0 Å². The number of hydrogen-bond donors (Lipinski definition) is 1. The van der Waals surface area contributed by atoms with Crippen LogP contribution >= 0.6 is 38.5 Å². The molecule has 1 heterocycles. The largest absolute Gasteiger partial charge is 0.392 e. The van der Waals surface area contributed by atoms with E-state index in [4.69, 9.17) is 5.11 Å². The Bertz CT molecular complexity index is 335. The van der Waals surface area contributed by atoms with Crippen molar-refractivity contribution in [3.05, 3.63) is 26.6 Å². The Kier molecular flexibility index (Phi) is 4.65. The maximum absolute atomic E-state index is 12.6. The van der Waals surface area contributed by atoms with E-state index in [0.29, 0.717) is 14.6 Å². The van der Waals surface area contributed by atoms with Gasteiger partial charge in [-0.25, -0.2) is 8.78 Å². The average Bonchev–Trinajstić information content (AvgIpc) is 2.16. The minimum atomic E-state index is -2.58. The molecule has 1 rings (SSSR count). The zero-order valence-corrected chi connectivity index (χ0v) is 10.7. The van der Waals surface area contributed by atoms with Gasteiger partial charge in [-0.05, 0) is 22.6 Å². The third-order valence-corrected chi connectivity index (χ3v) is 3.16. The van der Waals surface area contributed by atoms with Crippen LogP contribution in [0.1, 0.15) is 23.2 Å². The van der Waals surface area contributed by atoms with Gasteiger partial charge >= 0.3 is 0 Å². The third kappa shape index (κ3) is 2.40. The first kappa shape index (κ1) is 12.3. The predicted octanol–water partition coefficient (Wildman–Crippen LogP) is 3.01. The van der Waals surface area contributed by atoms with Crippen LogP contribution in [0.5, 0.6) is 0 Å². The summed E-state index contributed by atoms with van der Waals surface area (Å²) in [6, 6.07) is 0. The maximum Gasteiger partial charge on any atom is 0.265 e. The van der Waals surface area contributed by atoms with Crippen molar-refractivity contribution in [3.8, 4) is 0 Å². The Balaban J connectivity index is 3.35. The average molecular weight is 378 g/mol. The van der Waals surface area contributed by atoms with Crippen molar-refractivity contribution >= 4 is 38.5 Å². The number of alkyl halides is 3. The molecule has 2 nitrogen and oxygen atoms in total. The summed E-state index contributed by atoms with van der Waals surface area (Å²) in [7, 11) is 0. The van der Waals surface area contributed by atoms with Crippen LogP contribution in [-0.2, 0) is 11.9 Å². The third-order valence-electron chi connectivity index (χ3n) is 1.77. The van der Waals surface area contributed by atoms with Gasteiger partial charge in [-0.15, -0.1) is 0 Å². The molecular weight excluding hydrogens is 371 g/mol. The van der Waals surface area contributed by atoms with Crippen LogP contribution in [0, 0.1) is 3.57 Å². The molecule has 0 aromatic carbocycles. The SMILES string of the molecule is OCc1c(CBr)ncc(I)c1C(F)F. The zero-order valence-electron chi connectivity index (χ0n) is 6.98. The molecule has 1 aromatic rings. The van der Waals surface area contributed by atoms with Crippen molar-refractivity contribution in [1.29, 1.82) is 0 Å². The lowest BCUT2D eigenvalue weighted by Crippen LogP contribution is -2.04. The van der Waals surface area contributed by atoms with Gasteiger partial charge in [0, 0.05) is 26.2 Å². The van der Waals surface area contributed by atoms with Gasteiger partial charge in [-0.1, -0.05) is 15.9 Å². The molecule has 0 aliphatic carbocycles. The van der Waals surface area contributed by atoms with Crippen LogP contribution in [0.4, 0.5) is 8.78 Å². The summed E-state index contributed by atoms with van der Waals surface area (Å²) in [5.74, 6) is 0. The van der Waals surface area contributed by atoms with Crippen LogP contribution in [0.25, 0.3) is 0 Å². The number of pyridine rings is 1. The fourth-order valence-electron chi connectivity index (χ4n) is 1.11. The van der Waals surface area contributed by atoms with Crippen molar-refractivity contribution in [1.82, 2.24) is 4.98 Å². The Morgan fingerprint density at radius 1 is 1.57 bits per heavy atom. The molecule has 0 amide bonds.